The summed E-state index contributed by atoms with van der Waals surface area (Å²) in [5, 5.41) is 3.21. The summed E-state index contributed by atoms with van der Waals surface area (Å²) in [6.45, 7) is 5.28. The van der Waals surface area contributed by atoms with Gasteiger partial charge in [-0.3, -0.25) is 4.79 Å². The molecule has 2 aromatic rings. The quantitative estimate of drug-likeness (QED) is 0.819. The first-order chi connectivity index (χ1) is 9.60. The van der Waals surface area contributed by atoms with Gasteiger partial charge in [-0.1, -0.05) is 19.1 Å². The summed E-state index contributed by atoms with van der Waals surface area (Å²) in [7, 11) is 1.42. The maximum Gasteiger partial charge on any atom is 0.325 e. The van der Waals surface area contributed by atoms with Crippen molar-refractivity contribution in [3.05, 3.63) is 30.6 Å². The molecule has 0 aliphatic heterocycles. The van der Waals surface area contributed by atoms with Gasteiger partial charge in [-0.25, -0.2) is 4.98 Å². The van der Waals surface area contributed by atoms with E-state index in [9.17, 15) is 4.79 Å². The number of methoxy groups -OCH3 is 1. The molecule has 1 heterocycles. The normalized spacial score (nSPS) is 14.2. The van der Waals surface area contributed by atoms with Crippen LogP contribution in [0.15, 0.2) is 30.6 Å². The lowest BCUT2D eigenvalue weighted by molar-refractivity contribution is -0.148. The second-order valence-corrected chi connectivity index (χ2v) is 5.03. The highest BCUT2D eigenvalue weighted by molar-refractivity contribution is 5.80. The van der Waals surface area contributed by atoms with Gasteiger partial charge in [0.05, 0.1) is 24.5 Å². The van der Waals surface area contributed by atoms with Crippen LogP contribution in [0.4, 0.5) is 0 Å². The fourth-order valence-corrected chi connectivity index (χ4v) is 2.41. The van der Waals surface area contributed by atoms with Gasteiger partial charge >= 0.3 is 5.97 Å². The molecule has 1 unspecified atom stereocenters. The molecule has 0 spiro atoms. The van der Waals surface area contributed by atoms with Crippen LogP contribution in [0, 0.1) is 0 Å². The Kier molecular flexibility index (Phi) is 4.39. The third-order valence-corrected chi connectivity index (χ3v) is 3.58. The zero-order chi connectivity index (χ0) is 14.6. The first kappa shape index (κ1) is 14.5. The minimum Gasteiger partial charge on any atom is -0.468 e. The second-order valence-electron chi connectivity index (χ2n) is 5.03. The molecule has 1 aromatic heterocycles. The third-order valence-electron chi connectivity index (χ3n) is 3.58. The molecular weight excluding hydrogens is 254 g/mol. The number of para-hydroxylation sites is 2. The molecule has 1 N–H and O–H groups in total. The van der Waals surface area contributed by atoms with E-state index in [4.69, 9.17) is 4.74 Å². The average Bonchev–Trinajstić information content (AvgIpc) is 2.88. The number of aryl methyl sites for hydroxylation is 1. The van der Waals surface area contributed by atoms with Crippen molar-refractivity contribution >= 4 is 17.0 Å². The minimum absolute atomic E-state index is 0.233. The molecule has 1 atom stereocenters. The number of nitrogens with zero attached hydrogens (tertiary/aromatic N) is 2. The number of benzene rings is 1. The van der Waals surface area contributed by atoms with Gasteiger partial charge in [0.25, 0.3) is 0 Å². The fraction of sp³-hybridized carbons (Fsp3) is 0.467. The Labute approximate surface area is 118 Å². The topological polar surface area (TPSA) is 56.2 Å². The molecular formula is C15H21N3O2. The van der Waals surface area contributed by atoms with Gasteiger partial charge in [-0.15, -0.1) is 0 Å². The molecule has 0 aliphatic carbocycles. The lowest BCUT2D eigenvalue weighted by Gasteiger charge is -2.27. The molecule has 0 radical (unpaired) electrons. The van der Waals surface area contributed by atoms with Crippen molar-refractivity contribution in [3.8, 4) is 0 Å². The Bertz CT molecular complexity index is 594. The Balaban J connectivity index is 2.15. The van der Waals surface area contributed by atoms with Crippen molar-refractivity contribution in [2.24, 2.45) is 0 Å². The lowest BCUT2D eigenvalue weighted by atomic mass is 9.98. The zero-order valence-corrected chi connectivity index (χ0v) is 12.2. The second kappa shape index (κ2) is 6.05. The van der Waals surface area contributed by atoms with Gasteiger partial charge in [0.2, 0.25) is 0 Å². The molecule has 0 saturated carbocycles. The number of ether oxygens (including phenoxy) is 1. The predicted molar refractivity (Wildman–Crippen MR) is 78.4 cm³/mol. The zero-order valence-electron chi connectivity index (χ0n) is 12.2. The van der Waals surface area contributed by atoms with Crippen LogP contribution in [-0.2, 0) is 16.1 Å². The van der Waals surface area contributed by atoms with E-state index in [0.29, 0.717) is 13.0 Å². The molecule has 5 nitrogen and oxygen atoms in total. The summed E-state index contributed by atoms with van der Waals surface area (Å²) in [4.78, 5) is 16.3. The van der Waals surface area contributed by atoms with E-state index in [-0.39, 0.29) is 5.97 Å². The van der Waals surface area contributed by atoms with E-state index >= 15 is 0 Å². The summed E-state index contributed by atoms with van der Waals surface area (Å²) in [5.41, 5.74) is 1.38. The SMILES string of the molecule is CCNC(C)(CCn1cnc2ccccc21)C(=O)OC. The molecule has 0 amide bonds. The maximum atomic E-state index is 11.9. The number of hydrogen-bond donors (Lipinski definition) is 1. The van der Waals surface area contributed by atoms with Gasteiger partial charge in [0, 0.05) is 6.54 Å². The van der Waals surface area contributed by atoms with Crippen molar-refractivity contribution in [1.82, 2.24) is 14.9 Å². The highest BCUT2D eigenvalue weighted by Gasteiger charge is 2.33. The van der Waals surface area contributed by atoms with E-state index in [1.807, 2.05) is 44.4 Å². The van der Waals surface area contributed by atoms with Crippen LogP contribution < -0.4 is 5.32 Å². The molecule has 0 aliphatic rings. The number of carbonyl (C=O) groups excluding carboxylic acids is 1. The van der Waals surface area contributed by atoms with E-state index in [0.717, 1.165) is 17.6 Å². The number of esters is 1. The number of hydrogen-bond acceptors (Lipinski definition) is 4. The van der Waals surface area contributed by atoms with Crippen LogP contribution in [0.5, 0.6) is 0 Å². The molecule has 20 heavy (non-hydrogen) atoms. The molecule has 0 saturated heterocycles. The van der Waals surface area contributed by atoms with Crippen LogP contribution in [0.1, 0.15) is 20.3 Å². The highest BCUT2D eigenvalue weighted by atomic mass is 16.5. The standard InChI is InChI=1S/C15H21N3O2/c1-4-17-15(2,14(19)20-3)9-10-18-11-16-12-7-5-6-8-13(12)18/h5-8,11,17H,4,9-10H2,1-3H3. The lowest BCUT2D eigenvalue weighted by Crippen LogP contribution is -2.50. The Hall–Kier alpha value is -1.88. The third kappa shape index (κ3) is 2.82. The predicted octanol–water partition coefficient (Wildman–Crippen LogP) is 1.97. The number of nitrogens with one attached hydrogen (secondary N) is 1. The van der Waals surface area contributed by atoms with Crippen LogP contribution in [0.25, 0.3) is 11.0 Å². The summed E-state index contributed by atoms with van der Waals surface area (Å²) in [5.74, 6) is -0.233. The molecule has 5 heteroatoms. The summed E-state index contributed by atoms with van der Waals surface area (Å²) in [6, 6.07) is 7.97. The van der Waals surface area contributed by atoms with E-state index < -0.39 is 5.54 Å². The smallest absolute Gasteiger partial charge is 0.325 e. The van der Waals surface area contributed by atoms with Gasteiger partial charge in [-0.05, 0) is 32.0 Å². The van der Waals surface area contributed by atoms with E-state index in [1.165, 1.54) is 7.11 Å². The van der Waals surface area contributed by atoms with E-state index in [1.54, 1.807) is 0 Å². The Morgan fingerprint density at radius 3 is 2.90 bits per heavy atom. The number of rotatable bonds is 6. The summed E-state index contributed by atoms with van der Waals surface area (Å²) >= 11 is 0. The van der Waals surface area contributed by atoms with E-state index in [2.05, 4.69) is 14.9 Å². The van der Waals surface area contributed by atoms with Crippen molar-refractivity contribution in [2.45, 2.75) is 32.4 Å². The fourth-order valence-electron chi connectivity index (χ4n) is 2.41. The number of carbonyl (C=O) groups is 1. The maximum absolute atomic E-state index is 11.9. The first-order valence-electron chi connectivity index (χ1n) is 6.84. The number of likely N-dealkylation sites (N-methyl/N-ethyl adjacent to an activating group) is 1. The van der Waals surface area contributed by atoms with Crippen molar-refractivity contribution < 1.29 is 9.53 Å². The Morgan fingerprint density at radius 1 is 1.45 bits per heavy atom. The minimum atomic E-state index is -0.672. The molecule has 0 fully saturated rings. The van der Waals surface area contributed by atoms with Crippen molar-refractivity contribution in [2.75, 3.05) is 13.7 Å². The van der Waals surface area contributed by atoms with Gasteiger partial charge in [-0.2, -0.15) is 0 Å². The summed E-state index contributed by atoms with van der Waals surface area (Å²) < 4.78 is 6.96. The first-order valence-corrected chi connectivity index (χ1v) is 6.84. The molecule has 1 aromatic carbocycles. The largest absolute Gasteiger partial charge is 0.468 e. The van der Waals surface area contributed by atoms with Crippen LogP contribution in [-0.4, -0.2) is 34.7 Å². The highest BCUT2D eigenvalue weighted by Crippen LogP contribution is 2.17. The summed E-state index contributed by atoms with van der Waals surface area (Å²) in [6.07, 6.45) is 2.46. The molecule has 0 bridgehead atoms. The van der Waals surface area contributed by atoms with Crippen molar-refractivity contribution in [1.29, 1.82) is 0 Å². The van der Waals surface area contributed by atoms with Gasteiger partial charge in [0.1, 0.15) is 5.54 Å². The average molecular weight is 275 g/mol. The van der Waals surface area contributed by atoms with Crippen LogP contribution in [0.3, 0.4) is 0 Å². The Morgan fingerprint density at radius 2 is 2.20 bits per heavy atom. The van der Waals surface area contributed by atoms with Gasteiger partial charge < -0.3 is 14.6 Å². The number of fused-ring (bicyclic) bond motifs is 1. The molecule has 2 rings (SSSR count). The van der Waals surface area contributed by atoms with Crippen LogP contribution in [0.2, 0.25) is 0 Å². The monoisotopic (exact) mass is 275 g/mol. The molecule has 108 valence electrons. The van der Waals surface area contributed by atoms with Crippen molar-refractivity contribution in [3.63, 3.8) is 0 Å². The van der Waals surface area contributed by atoms with Gasteiger partial charge in [0.15, 0.2) is 0 Å². The number of imidazole rings is 1. The van der Waals surface area contributed by atoms with Crippen LogP contribution >= 0.6 is 0 Å². The number of aromatic nitrogens is 2.